The van der Waals surface area contributed by atoms with E-state index in [0.717, 1.165) is 24.4 Å². The van der Waals surface area contributed by atoms with Crippen LogP contribution in [0.3, 0.4) is 0 Å². The maximum absolute atomic E-state index is 5.81. The van der Waals surface area contributed by atoms with E-state index in [9.17, 15) is 0 Å². The van der Waals surface area contributed by atoms with Crippen molar-refractivity contribution in [3.8, 4) is 0 Å². The third-order valence-electron chi connectivity index (χ3n) is 3.85. The van der Waals surface area contributed by atoms with Crippen molar-refractivity contribution in [2.24, 2.45) is 5.84 Å². The molecule has 0 aliphatic rings. The van der Waals surface area contributed by atoms with Crippen LogP contribution in [0.5, 0.6) is 0 Å². The number of nitrogens with two attached hydrogens (primary N) is 1. The molecule has 3 N–H and O–H groups in total. The molecule has 0 bridgehead atoms. The Labute approximate surface area is 121 Å². The van der Waals surface area contributed by atoms with E-state index in [-0.39, 0.29) is 6.04 Å². The van der Waals surface area contributed by atoms with E-state index in [2.05, 4.69) is 62.5 Å². The van der Waals surface area contributed by atoms with Gasteiger partial charge in [0.05, 0.1) is 17.4 Å². The molecule has 0 aliphatic carbocycles. The van der Waals surface area contributed by atoms with Crippen molar-refractivity contribution in [2.45, 2.75) is 46.7 Å². The molecule has 1 aromatic heterocycles. The fraction of sp³-hybridized carbons (Fsp3) is 0.438. The quantitative estimate of drug-likeness (QED) is 0.650. The van der Waals surface area contributed by atoms with Crippen molar-refractivity contribution in [1.82, 2.24) is 15.2 Å². The summed E-state index contributed by atoms with van der Waals surface area (Å²) >= 11 is 0. The third kappa shape index (κ3) is 2.76. The Morgan fingerprint density at radius 2 is 1.95 bits per heavy atom. The first-order valence-corrected chi connectivity index (χ1v) is 7.20. The summed E-state index contributed by atoms with van der Waals surface area (Å²) in [6.07, 6.45) is 0.935. The van der Waals surface area contributed by atoms with Crippen LogP contribution in [0, 0.1) is 13.8 Å². The van der Waals surface area contributed by atoms with E-state index in [4.69, 9.17) is 5.84 Å². The predicted molar refractivity (Wildman–Crippen MR) is 82.4 cm³/mol. The molecule has 20 heavy (non-hydrogen) atoms. The van der Waals surface area contributed by atoms with Crippen molar-refractivity contribution in [2.75, 3.05) is 0 Å². The average molecular weight is 272 g/mol. The molecule has 0 amide bonds. The largest absolute Gasteiger partial charge is 0.271 e. The number of hydrogen-bond donors (Lipinski definition) is 2. The van der Waals surface area contributed by atoms with Crippen molar-refractivity contribution in [3.63, 3.8) is 0 Å². The summed E-state index contributed by atoms with van der Waals surface area (Å²) in [7, 11) is 0. The first-order valence-electron chi connectivity index (χ1n) is 7.20. The average Bonchev–Trinajstić information content (AvgIpc) is 2.87. The Kier molecular flexibility index (Phi) is 4.57. The van der Waals surface area contributed by atoms with Gasteiger partial charge in [0.2, 0.25) is 0 Å². The van der Waals surface area contributed by atoms with Crippen LogP contribution >= 0.6 is 0 Å². The number of aromatic nitrogens is 2. The molecule has 1 aromatic carbocycles. The molecule has 1 atom stereocenters. The fourth-order valence-corrected chi connectivity index (χ4v) is 2.44. The van der Waals surface area contributed by atoms with Crippen molar-refractivity contribution >= 4 is 0 Å². The second-order valence-electron chi connectivity index (χ2n) is 5.17. The molecule has 0 radical (unpaired) electrons. The second kappa shape index (κ2) is 6.20. The van der Waals surface area contributed by atoms with E-state index in [0.29, 0.717) is 0 Å². The molecular weight excluding hydrogens is 248 g/mol. The first-order chi connectivity index (χ1) is 9.60. The number of nitrogens with one attached hydrogen (secondary N) is 1. The minimum atomic E-state index is -0.0259. The van der Waals surface area contributed by atoms with Gasteiger partial charge in [0.15, 0.2) is 0 Å². The lowest BCUT2D eigenvalue weighted by molar-refractivity contribution is 0.541. The molecule has 2 aromatic rings. The third-order valence-corrected chi connectivity index (χ3v) is 3.85. The van der Waals surface area contributed by atoms with Gasteiger partial charge in [0.1, 0.15) is 0 Å². The van der Waals surface area contributed by atoms with E-state index in [1.165, 1.54) is 16.7 Å². The van der Waals surface area contributed by atoms with Gasteiger partial charge in [-0.1, -0.05) is 25.1 Å². The van der Waals surface area contributed by atoms with Crippen molar-refractivity contribution in [1.29, 1.82) is 0 Å². The number of rotatable bonds is 5. The molecule has 0 saturated carbocycles. The van der Waals surface area contributed by atoms with Gasteiger partial charge in [-0.25, -0.2) is 5.43 Å². The Morgan fingerprint density at radius 3 is 2.50 bits per heavy atom. The molecule has 108 valence electrons. The van der Waals surface area contributed by atoms with Gasteiger partial charge in [-0.3, -0.25) is 10.5 Å². The Hall–Kier alpha value is -1.65. The maximum Gasteiger partial charge on any atom is 0.0878 e. The van der Waals surface area contributed by atoms with Gasteiger partial charge in [0, 0.05) is 6.54 Å². The molecule has 0 spiro atoms. The van der Waals surface area contributed by atoms with Crippen LogP contribution < -0.4 is 11.3 Å². The van der Waals surface area contributed by atoms with Crippen LogP contribution in [0.4, 0.5) is 0 Å². The van der Waals surface area contributed by atoms with Crippen LogP contribution in [0.15, 0.2) is 24.3 Å². The summed E-state index contributed by atoms with van der Waals surface area (Å²) in [5.74, 6) is 5.81. The van der Waals surface area contributed by atoms with Gasteiger partial charge in [0.25, 0.3) is 0 Å². The van der Waals surface area contributed by atoms with Gasteiger partial charge in [-0.15, -0.1) is 0 Å². The van der Waals surface area contributed by atoms with Gasteiger partial charge < -0.3 is 0 Å². The lowest BCUT2D eigenvalue weighted by Gasteiger charge is -2.18. The minimum Gasteiger partial charge on any atom is -0.271 e. The van der Waals surface area contributed by atoms with Crippen LogP contribution in [0.25, 0.3) is 0 Å². The number of aryl methyl sites for hydroxylation is 4. The van der Waals surface area contributed by atoms with Crippen LogP contribution in [-0.4, -0.2) is 9.78 Å². The molecule has 1 heterocycles. The Morgan fingerprint density at radius 1 is 1.20 bits per heavy atom. The zero-order valence-electron chi connectivity index (χ0n) is 12.8. The number of nitrogens with zero attached hydrogens (tertiary/aromatic N) is 2. The molecule has 4 nitrogen and oxygen atoms in total. The Balaban J connectivity index is 2.45. The maximum atomic E-state index is 5.81. The Bertz CT molecular complexity index is 586. The van der Waals surface area contributed by atoms with Gasteiger partial charge in [-0.2, -0.15) is 5.10 Å². The van der Waals surface area contributed by atoms with Gasteiger partial charge in [-0.05, 0) is 49.9 Å². The zero-order chi connectivity index (χ0) is 14.7. The number of benzene rings is 1. The van der Waals surface area contributed by atoms with E-state index < -0.39 is 0 Å². The highest BCUT2D eigenvalue weighted by atomic mass is 15.3. The molecular formula is C16H24N4. The zero-order valence-corrected chi connectivity index (χ0v) is 12.8. The molecule has 2 rings (SSSR count). The van der Waals surface area contributed by atoms with Crippen LogP contribution in [0.2, 0.25) is 0 Å². The van der Waals surface area contributed by atoms with E-state index >= 15 is 0 Å². The lowest BCUT2D eigenvalue weighted by atomic mass is 9.99. The van der Waals surface area contributed by atoms with Gasteiger partial charge >= 0.3 is 0 Å². The highest BCUT2D eigenvalue weighted by Gasteiger charge is 2.18. The van der Waals surface area contributed by atoms with Crippen molar-refractivity contribution in [3.05, 3.63) is 52.3 Å². The highest BCUT2D eigenvalue weighted by molar-refractivity contribution is 5.35. The summed E-state index contributed by atoms with van der Waals surface area (Å²) in [6, 6.07) is 8.58. The van der Waals surface area contributed by atoms with E-state index in [1.54, 1.807) is 0 Å². The number of hydrazine groups is 1. The summed E-state index contributed by atoms with van der Waals surface area (Å²) in [5.41, 5.74) is 8.90. The highest BCUT2D eigenvalue weighted by Crippen LogP contribution is 2.24. The van der Waals surface area contributed by atoms with Crippen molar-refractivity contribution < 1.29 is 0 Å². The standard InChI is InChI=1S/C16H24N4/c1-5-14-10-15(20(6-2)19-14)16(18-17)13-8-7-11(3)12(4)9-13/h7-10,16,18H,5-6,17H2,1-4H3. The monoisotopic (exact) mass is 272 g/mol. The summed E-state index contributed by atoms with van der Waals surface area (Å²) in [6.45, 7) is 9.31. The van der Waals surface area contributed by atoms with Crippen LogP contribution in [-0.2, 0) is 13.0 Å². The molecule has 0 saturated heterocycles. The molecule has 4 heteroatoms. The molecule has 0 aliphatic heterocycles. The summed E-state index contributed by atoms with van der Waals surface area (Å²) < 4.78 is 2.03. The fourth-order valence-electron chi connectivity index (χ4n) is 2.44. The topological polar surface area (TPSA) is 55.9 Å². The first kappa shape index (κ1) is 14.8. The minimum absolute atomic E-state index is 0.0259. The lowest BCUT2D eigenvalue weighted by Crippen LogP contribution is -2.30. The SMILES string of the molecule is CCc1cc(C(NN)c2ccc(C)c(C)c2)n(CC)n1. The van der Waals surface area contributed by atoms with Crippen LogP contribution in [0.1, 0.15) is 48.0 Å². The smallest absolute Gasteiger partial charge is 0.0878 e. The molecule has 0 fully saturated rings. The second-order valence-corrected chi connectivity index (χ2v) is 5.17. The summed E-state index contributed by atoms with van der Waals surface area (Å²) in [4.78, 5) is 0. The number of hydrogen-bond acceptors (Lipinski definition) is 3. The normalized spacial score (nSPS) is 12.7. The summed E-state index contributed by atoms with van der Waals surface area (Å²) in [5, 5.41) is 4.60. The van der Waals surface area contributed by atoms with E-state index in [1.807, 2.05) is 4.68 Å². The molecule has 1 unspecified atom stereocenters. The predicted octanol–water partition coefficient (Wildman–Crippen LogP) is 2.63.